The molecule has 3 nitrogen and oxygen atoms in total. The zero-order valence-electron chi connectivity index (χ0n) is 13.6. The Labute approximate surface area is 136 Å². The number of nitrogens with two attached hydrogens (primary N) is 2. The van der Waals surface area contributed by atoms with Crippen LogP contribution in [0.4, 0.5) is 18.9 Å². The number of alkyl halides is 3. The molecule has 1 aliphatic carbocycles. The number of rotatable bonds is 4. The molecule has 0 amide bonds. The second-order valence-corrected chi connectivity index (χ2v) is 6.43. The Balaban J connectivity index is 0.000000313. The number of para-hydroxylation sites is 1. The molecule has 132 valence electrons. The molecule has 0 aromatic heterocycles. The fourth-order valence-electron chi connectivity index (χ4n) is 2.50. The molecular formula is C17H27F3N2O. The molecular weight excluding hydrogens is 305 g/mol. The molecule has 1 aromatic rings. The monoisotopic (exact) mass is 332 g/mol. The van der Waals surface area contributed by atoms with Crippen molar-refractivity contribution in [2.24, 2.45) is 5.73 Å². The average Bonchev–Trinajstić information content (AvgIpc) is 2.45. The van der Waals surface area contributed by atoms with Gasteiger partial charge in [-0.15, -0.1) is 0 Å². The molecule has 1 fully saturated rings. The standard InChI is InChI=1S/C11H20F3NO.C6H7N/c1-10(15,7-11(12,13)14)8-16-9-5-3-2-4-6-9;7-6-4-2-1-3-5-6/h9H,2-8,15H2,1H3;1-5H,7H2. The largest absolute Gasteiger partial charge is 0.399 e. The van der Waals surface area contributed by atoms with Crippen molar-refractivity contribution in [2.45, 2.75) is 63.3 Å². The Hall–Kier alpha value is -1.27. The molecule has 1 saturated carbocycles. The van der Waals surface area contributed by atoms with Gasteiger partial charge in [0.05, 0.1) is 19.1 Å². The molecule has 0 bridgehead atoms. The summed E-state index contributed by atoms with van der Waals surface area (Å²) in [7, 11) is 0. The lowest BCUT2D eigenvalue weighted by atomic mass is 9.96. The van der Waals surface area contributed by atoms with Crippen molar-refractivity contribution in [2.75, 3.05) is 12.3 Å². The molecule has 6 heteroatoms. The highest BCUT2D eigenvalue weighted by Gasteiger charge is 2.37. The van der Waals surface area contributed by atoms with Crippen LogP contribution in [0.1, 0.15) is 45.4 Å². The molecule has 1 aliphatic rings. The summed E-state index contributed by atoms with van der Waals surface area (Å²) < 4.78 is 42.0. The first-order valence-corrected chi connectivity index (χ1v) is 7.96. The van der Waals surface area contributed by atoms with E-state index in [0.29, 0.717) is 0 Å². The van der Waals surface area contributed by atoms with Crippen LogP contribution in [0.25, 0.3) is 0 Å². The van der Waals surface area contributed by atoms with E-state index in [1.807, 2.05) is 30.3 Å². The van der Waals surface area contributed by atoms with E-state index in [1.54, 1.807) is 0 Å². The summed E-state index contributed by atoms with van der Waals surface area (Å²) in [6.45, 7) is 1.38. The van der Waals surface area contributed by atoms with Crippen LogP contribution in [0, 0.1) is 0 Å². The summed E-state index contributed by atoms with van der Waals surface area (Å²) in [5, 5.41) is 0. The minimum Gasteiger partial charge on any atom is -0.399 e. The van der Waals surface area contributed by atoms with Crippen molar-refractivity contribution in [3.8, 4) is 0 Å². The second-order valence-electron chi connectivity index (χ2n) is 6.43. The average molecular weight is 332 g/mol. The fraction of sp³-hybridized carbons (Fsp3) is 0.647. The van der Waals surface area contributed by atoms with Crippen LogP contribution in [0.3, 0.4) is 0 Å². The van der Waals surface area contributed by atoms with Crippen LogP contribution in [-0.2, 0) is 4.74 Å². The molecule has 0 aliphatic heterocycles. The van der Waals surface area contributed by atoms with Crippen molar-refractivity contribution in [3.63, 3.8) is 0 Å². The van der Waals surface area contributed by atoms with Crippen molar-refractivity contribution < 1.29 is 17.9 Å². The van der Waals surface area contributed by atoms with Gasteiger partial charge in [-0.05, 0) is 31.9 Å². The van der Waals surface area contributed by atoms with Crippen LogP contribution in [-0.4, -0.2) is 24.4 Å². The van der Waals surface area contributed by atoms with E-state index in [4.69, 9.17) is 16.2 Å². The van der Waals surface area contributed by atoms with Crippen LogP contribution in [0.15, 0.2) is 30.3 Å². The Kier molecular flexibility index (Phi) is 7.85. The maximum absolute atomic E-state index is 12.2. The smallest absolute Gasteiger partial charge is 0.390 e. The summed E-state index contributed by atoms with van der Waals surface area (Å²) in [4.78, 5) is 0. The first-order valence-electron chi connectivity index (χ1n) is 7.96. The highest BCUT2D eigenvalue weighted by atomic mass is 19.4. The Bertz CT molecular complexity index is 429. The molecule has 4 N–H and O–H groups in total. The number of anilines is 1. The highest BCUT2D eigenvalue weighted by molar-refractivity contribution is 5.35. The Morgan fingerprint density at radius 1 is 1.09 bits per heavy atom. The van der Waals surface area contributed by atoms with Crippen LogP contribution < -0.4 is 11.5 Å². The molecule has 1 atom stereocenters. The van der Waals surface area contributed by atoms with Gasteiger partial charge in [-0.1, -0.05) is 37.5 Å². The van der Waals surface area contributed by atoms with Gasteiger partial charge in [0.1, 0.15) is 0 Å². The van der Waals surface area contributed by atoms with Gasteiger partial charge in [-0.3, -0.25) is 0 Å². The zero-order valence-corrected chi connectivity index (χ0v) is 13.6. The third kappa shape index (κ3) is 10.2. The predicted molar refractivity (Wildman–Crippen MR) is 86.9 cm³/mol. The molecule has 2 rings (SSSR count). The summed E-state index contributed by atoms with van der Waals surface area (Å²) >= 11 is 0. The van der Waals surface area contributed by atoms with Crippen LogP contribution in [0.2, 0.25) is 0 Å². The molecule has 1 aromatic carbocycles. The number of hydrogen-bond donors (Lipinski definition) is 2. The maximum atomic E-state index is 12.2. The van der Waals surface area contributed by atoms with Gasteiger partial charge in [0.15, 0.2) is 0 Å². The van der Waals surface area contributed by atoms with E-state index >= 15 is 0 Å². The van der Waals surface area contributed by atoms with Gasteiger partial charge in [0.2, 0.25) is 0 Å². The second kappa shape index (κ2) is 9.13. The fourth-order valence-corrected chi connectivity index (χ4v) is 2.50. The number of halogens is 3. The van der Waals surface area contributed by atoms with E-state index < -0.39 is 18.1 Å². The van der Waals surface area contributed by atoms with Gasteiger partial charge < -0.3 is 16.2 Å². The number of ether oxygens (including phenoxy) is 1. The molecule has 0 spiro atoms. The molecule has 0 heterocycles. The SMILES string of the molecule is CC(N)(COC1CCCCC1)CC(F)(F)F.Nc1ccccc1. The Morgan fingerprint density at radius 2 is 1.65 bits per heavy atom. The third-order valence-electron chi connectivity index (χ3n) is 3.60. The minimum absolute atomic E-state index is 0.0167. The van der Waals surface area contributed by atoms with E-state index in [-0.39, 0.29) is 12.7 Å². The minimum atomic E-state index is -4.22. The first kappa shape index (κ1) is 19.8. The molecule has 0 radical (unpaired) electrons. The van der Waals surface area contributed by atoms with Gasteiger partial charge >= 0.3 is 6.18 Å². The van der Waals surface area contributed by atoms with Gasteiger partial charge in [0, 0.05) is 11.2 Å². The summed E-state index contributed by atoms with van der Waals surface area (Å²) in [6.07, 6.45) is 0.180. The maximum Gasteiger partial charge on any atom is 0.390 e. The summed E-state index contributed by atoms with van der Waals surface area (Å²) in [6, 6.07) is 9.49. The topological polar surface area (TPSA) is 61.3 Å². The lowest BCUT2D eigenvalue weighted by Crippen LogP contribution is -2.46. The first-order chi connectivity index (χ1) is 10.7. The summed E-state index contributed by atoms with van der Waals surface area (Å²) in [5.74, 6) is 0. The molecule has 23 heavy (non-hydrogen) atoms. The summed E-state index contributed by atoms with van der Waals surface area (Å²) in [5.41, 5.74) is 10.4. The van der Waals surface area contributed by atoms with E-state index in [9.17, 15) is 13.2 Å². The number of hydrogen-bond acceptors (Lipinski definition) is 3. The lowest BCUT2D eigenvalue weighted by Gasteiger charge is -2.29. The third-order valence-corrected chi connectivity index (χ3v) is 3.60. The van der Waals surface area contributed by atoms with Crippen LogP contribution >= 0.6 is 0 Å². The normalized spacial score (nSPS) is 18.7. The Morgan fingerprint density at radius 3 is 2.09 bits per heavy atom. The molecule has 1 unspecified atom stereocenters. The lowest BCUT2D eigenvalue weighted by molar-refractivity contribution is -0.153. The van der Waals surface area contributed by atoms with Gasteiger partial charge in [-0.25, -0.2) is 0 Å². The van der Waals surface area contributed by atoms with Gasteiger partial charge in [-0.2, -0.15) is 13.2 Å². The quantitative estimate of drug-likeness (QED) is 0.809. The van der Waals surface area contributed by atoms with Crippen molar-refractivity contribution in [3.05, 3.63) is 30.3 Å². The highest BCUT2D eigenvalue weighted by Crippen LogP contribution is 2.27. The molecule has 0 saturated heterocycles. The van der Waals surface area contributed by atoms with E-state index in [0.717, 1.165) is 31.4 Å². The number of benzene rings is 1. The van der Waals surface area contributed by atoms with Crippen molar-refractivity contribution >= 4 is 5.69 Å². The number of nitrogen functional groups attached to an aromatic ring is 1. The van der Waals surface area contributed by atoms with Gasteiger partial charge in [0.25, 0.3) is 0 Å². The predicted octanol–water partition coefficient (Wildman–Crippen LogP) is 4.27. The van der Waals surface area contributed by atoms with E-state index in [2.05, 4.69) is 0 Å². The zero-order chi connectivity index (χ0) is 17.3. The van der Waals surface area contributed by atoms with E-state index in [1.165, 1.54) is 13.3 Å². The van der Waals surface area contributed by atoms with Crippen molar-refractivity contribution in [1.82, 2.24) is 0 Å². The van der Waals surface area contributed by atoms with Crippen LogP contribution in [0.5, 0.6) is 0 Å². The van der Waals surface area contributed by atoms with Crippen molar-refractivity contribution in [1.29, 1.82) is 0 Å².